The van der Waals surface area contributed by atoms with Crippen molar-refractivity contribution in [1.82, 2.24) is 4.98 Å². The summed E-state index contributed by atoms with van der Waals surface area (Å²) < 4.78 is 5.43. The van der Waals surface area contributed by atoms with Gasteiger partial charge in [-0.25, -0.2) is 4.98 Å². The van der Waals surface area contributed by atoms with Crippen molar-refractivity contribution in [2.75, 3.05) is 6.61 Å². The van der Waals surface area contributed by atoms with Crippen LogP contribution in [0.5, 0.6) is 0 Å². The maximum atomic E-state index is 9.13. The Bertz CT molecular complexity index is 463. The molecule has 1 aromatic rings. The van der Waals surface area contributed by atoms with Crippen LogP contribution >= 0.6 is 11.6 Å². The first-order chi connectivity index (χ1) is 7.65. The summed E-state index contributed by atoms with van der Waals surface area (Å²) in [4.78, 5) is 4.29. The van der Waals surface area contributed by atoms with E-state index in [1.807, 2.05) is 0 Å². The van der Waals surface area contributed by atoms with Crippen LogP contribution in [-0.4, -0.2) is 11.6 Å². The van der Waals surface area contributed by atoms with Crippen molar-refractivity contribution in [3.05, 3.63) is 27.5 Å². The van der Waals surface area contributed by atoms with Gasteiger partial charge in [0.05, 0.1) is 24.5 Å². The van der Waals surface area contributed by atoms with Crippen molar-refractivity contribution in [3.63, 3.8) is 0 Å². The van der Waals surface area contributed by atoms with E-state index in [9.17, 15) is 0 Å². The van der Waals surface area contributed by atoms with Gasteiger partial charge in [0, 0.05) is 12.0 Å². The molecular weight excluding hydrogens is 224 g/mol. The van der Waals surface area contributed by atoms with Gasteiger partial charge in [-0.2, -0.15) is 5.26 Å². The van der Waals surface area contributed by atoms with Crippen molar-refractivity contribution < 1.29 is 4.74 Å². The molecule has 84 valence electrons. The van der Waals surface area contributed by atoms with Crippen LogP contribution in [0.1, 0.15) is 42.1 Å². The van der Waals surface area contributed by atoms with Crippen LogP contribution in [0.25, 0.3) is 0 Å². The van der Waals surface area contributed by atoms with Crippen molar-refractivity contribution >= 4 is 11.6 Å². The maximum absolute atomic E-state index is 9.13. The van der Waals surface area contributed by atoms with Crippen LogP contribution in [0.3, 0.4) is 0 Å². The fourth-order valence-electron chi connectivity index (χ4n) is 2.11. The van der Waals surface area contributed by atoms with Crippen LogP contribution < -0.4 is 0 Å². The molecule has 0 amide bonds. The first-order valence-electron chi connectivity index (χ1n) is 5.34. The highest BCUT2D eigenvalue weighted by molar-refractivity contribution is 6.30. The minimum Gasteiger partial charge on any atom is -0.376 e. The zero-order valence-electron chi connectivity index (χ0n) is 9.38. The van der Waals surface area contributed by atoms with E-state index >= 15 is 0 Å². The fourth-order valence-corrected chi connectivity index (χ4v) is 2.36. The molecule has 0 N–H and O–H groups in total. The van der Waals surface area contributed by atoms with Gasteiger partial charge >= 0.3 is 0 Å². The molecule has 0 aliphatic carbocycles. The summed E-state index contributed by atoms with van der Waals surface area (Å²) in [6.07, 6.45) is 0.778. The second-order valence-electron chi connectivity index (χ2n) is 4.19. The average Bonchev–Trinajstić information content (AvgIpc) is 2.26. The number of hydrogen-bond acceptors (Lipinski definition) is 3. The molecule has 2 rings (SSSR count). The molecule has 1 aliphatic heterocycles. The van der Waals surface area contributed by atoms with Gasteiger partial charge in [-0.1, -0.05) is 25.4 Å². The molecule has 0 saturated carbocycles. The van der Waals surface area contributed by atoms with Gasteiger partial charge in [0.25, 0.3) is 0 Å². The standard InChI is InChI=1S/C12H13ClN2O/c1-7(2)11-8(5-14)12(13)15-10-3-4-16-6-9(10)11/h7H,3-4,6H2,1-2H3. The first-order valence-corrected chi connectivity index (χ1v) is 5.72. The molecule has 0 bridgehead atoms. The first kappa shape index (κ1) is 11.4. The van der Waals surface area contributed by atoms with Crippen LogP contribution in [0.2, 0.25) is 5.15 Å². The van der Waals surface area contributed by atoms with Gasteiger partial charge in [0.2, 0.25) is 0 Å². The van der Waals surface area contributed by atoms with Gasteiger partial charge < -0.3 is 4.74 Å². The summed E-state index contributed by atoms with van der Waals surface area (Å²) in [7, 11) is 0. The van der Waals surface area contributed by atoms with Crippen LogP contribution in [0.15, 0.2) is 0 Å². The highest BCUT2D eigenvalue weighted by atomic mass is 35.5. The van der Waals surface area contributed by atoms with Crippen LogP contribution in [0.4, 0.5) is 0 Å². The largest absolute Gasteiger partial charge is 0.376 e. The Hall–Kier alpha value is -1.11. The molecule has 1 aromatic heterocycles. The molecule has 16 heavy (non-hydrogen) atoms. The molecule has 0 saturated heterocycles. The lowest BCUT2D eigenvalue weighted by molar-refractivity contribution is 0.108. The molecule has 3 nitrogen and oxygen atoms in total. The molecule has 0 aromatic carbocycles. The lowest BCUT2D eigenvalue weighted by Crippen LogP contribution is -2.16. The zero-order valence-corrected chi connectivity index (χ0v) is 10.1. The van der Waals surface area contributed by atoms with Crippen LogP contribution in [-0.2, 0) is 17.8 Å². The Morgan fingerprint density at radius 2 is 2.25 bits per heavy atom. The highest BCUT2D eigenvalue weighted by Gasteiger charge is 2.22. The lowest BCUT2D eigenvalue weighted by Gasteiger charge is -2.22. The summed E-state index contributed by atoms with van der Waals surface area (Å²) in [6, 6.07) is 2.15. The number of pyridine rings is 1. The molecule has 0 spiro atoms. The normalized spacial score (nSPS) is 14.7. The molecule has 1 aliphatic rings. The second-order valence-corrected chi connectivity index (χ2v) is 4.54. The number of ether oxygens (including phenoxy) is 1. The molecule has 0 atom stereocenters. The predicted octanol–water partition coefficient (Wildman–Crippen LogP) is 2.80. The lowest BCUT2D eigenvalue weighted by atomic mass is 9.91. The van der Waals surface area contributed by atoms with E-state index in [1.54, 1.807) is 0 Å². The van der Waals surface area contributed by atoms with Crippen molar-refractivity contribution in [3.8, 4) is 6.07 Å². The van der Waals surface area contributed by atoms with Gasteiger partial charge in [0.15, 0.2) is 0 Å². The quantitative estimate of drug-likeness (QED) is 0.705. The Kier molecular flexibility index (Phi) is 3.13. The molecule has 0 fully saturated rings. The summed E-state index contributed by atoms with van der Waals surface area (Å²) in [5, 5.41) is 9.46. The van der Waals surface area contributed by atoms with E-state index in [0.717, 1.165) is 23.2 Å². The monoisotopic (exact) mass is 236 g/mol. The molecule has 0 unspecified atom stereocenters. The third-order valence-corrected chi connectivity index (χ3v) is 3.07. The van der Waals surface area contributed by atoms with E-state index < -0.39 is 0 Å². The summed E-state index contributed by atoms with van der Waals surface area (Å²) >= 11 is 6.04. The minimum absolute atomic E-state index is 0.255. The summed E-state index contributed by atoms with van der Waals surface area (Å²) in [5.41, 5.74) is 3.54. The van der Waals surface area contributed by atoms with Crippen molar-refractivity contribution in [2.45, 2.75) is 32.8 Å². The molecule has 0 radical (unpaired) electrons. The van der Waals surface area contributed by atoms with Gasteiger partial charge in [-0.3, -0.25) is 0 Å². The average molecular weight is 237 g/mol. The molecule has 4 heteroatoms. The Labute approximate surface area is 100 Å². The smallest absolute Gasteiger partial charge is 0.147 e. The van der Waals surface area contributed by atoms with E-state index in [-0.39, 0.29) is 5.92 Å². The molecular formula is C12H13ClN2O. The fraction of sp³-hybridized carbons (Fsp3) is 0.500. The Balaban J connectivity index is 2.70. The number of aromatic nitrogens is 1. The van der Waals surface area contributed by atoms with Gasteiger partial charge in [0.1, 0.15) is 11.2 Å². The zero-order chi connectivity index (χ0) is 11.7. The second kappa shape index (κ2) is 4.40. The van der Waals surface area contributed by atoms with E-state index in [0.29, 0.717) is 23.9 Å². The Morgan fingerprint density at radius 3 is 2.88 bits per heavy atom. The van der Waals surface area contributed by atoms with Gasteiger partial charge in [-0.05, 0) is 11.5 Å². The Morgan fingerprint density at radius 1 is 1.50 bits per heavy atom. The SMILES string of the molecule is CC(C)c1c(C#N)c(Cl)nc2c1COCC2. The van der Waals surface area contributed by atoms with Crippen molar-refractivity contribution in [2.24, 2.45) is 0 Å². The topological polar surface area (TPSA) is 45.9 Å². The van der Waals surface area contributed by atoms with E-state index in [4.69, 9.17) is 21.6 Å². The highest BCUT2D eigenvalue weighted by Crippen LogP contribution is 2.32. The number of nitriles is 1. The third-order valence-electron chi connectivity index (χ3n) is 2.80. The van der Waals surface area contributed by atoms with Gasteiger partial charge in [-0.15, -0.1) is 0 Å². The number of hydrogen-bond donors (Lipinski definition) is 0. The summed E-state index contributed by atoms with van der Waals surface area (Å²) in [5.74, 6) is 0.255. The van der Waals surface area contributed by atoms with E-state index in [1.165, 1.54) is 0 Å². The number of halogens is 1. The third kappa shape index (κ3) is 1.79. The number of nitrogens with zero attached hydrogens (tertiary/aromatic N) is 2. The maximum Gasteiger partial charge on any atom is 0.147 e. The summed E-state index contributed by atoms with van der Waals surface area (Å²) in [6.45, 7) is 5.34. The molecule has 2 heterocycles. The van der Waals surface area contributed by atoms with E-state index in [2.05, 4.69) is 24.9 Å². The predicted molar refractivity (Wildman–Crippen MR) is 61.4 cm³/mol. The number of rotatable bonds is 1. The number of fused-ring (bicyclic) bond motifs is 1. The van der Waals surface area contributed by atoms with Crippen molar-refractivity contribution in [1.29, 1.82) is 5.26 Å². The van der Waals surface area contributed by atoms with Crippen LogP contribution in [0, 0.1) is 11.3 Å². The minimum atomic E-state index is 0.255.